The molecule has 1 aromatic carbocycles. The second kappa shape index (κ2) is 9.91. The smallest absolute Gasteiger partial charge is 0.253 e. The van der Waals surface area contributed by atoms with E-state index in [1.54, 1.807) is 24.7 Å². The molecule has 0 atom stereocenters. The van der Waals surface area contributed by atoms with Crippen LogP contribution in [0.1, 0.15) is 45.1 Å². The lowest BCUT2D eigenvalue weighted by atomic mass is 9.95. The molecule has 1 aliphatic heterocycles. The summed E-state index contributed by atoms with van der Waals surface area (Å²) in [5.74, 6) is 2.09. The Morgan fingerprint density at radius 1 is 1.24 bits per heavy atom. The number of piperidine rings is 1. The van der Waals surface area contributed by atoms with Gasteiger partial charge in [-0.25, -0.2) is 4.98 Å². The first kappa shape index (κ1) is 23.2. The number of carbonyl (C=O) groups is 1. The van der Waals surface area contributed by atoms with Crippen molar-refractivity contribution in [3.8, 4) is 0 Å². The first-order chi connectivity index (χ1) is 15.9. The van der Waals surface area contributed by atoms with Crippen LogP contribution in [0.3, 0.4) is 0 Å². The van der Waals surface area contributed by atoms with Crippen LogP contribution in [-0.4, -0.2) is 33.4 Å². The molecular weight excluding hydrogens is 438 g/mol. The third-order valence-electron chi connectivity index (χ3n) is 6.51. The third kappa shape index (κ3) is 5.19. The highest BCUT2D eigenvalue weighted by Gasteiger charge is 2.20. The molecule has 1 aliphatic rings. The summed E-state index contributed by atoms with van der Waals surface area (Å²) in [7, 11) is 1.75. The van der Waals surface area contributed by atoms with Crippen molar-refractivity contribution in [2.24, 2.45) is 13.0 Å². The number of hydrogen-bond acceptors (Lipinski definition) is 6. The zero-order valence-electron chi connectivity index (χ0n) is 19.4. The lowest BCUT2D eigenvalue weighted by molar-refractivity contribution is -0.116. The number of rotatable bonds is 7. The van der Waals surface area contributed by atoms with Crippen LogP contribution in [0.15, 0.2) is 35.3 Å². The summed E-state index contributed by atoms with van der Waals surface area (Å²) in [4.78, 5) is 35.4. The van der Waals surface area contributed by atoms with E-state index in [2.05, 4.69) is 22.1 Å². The molecule has 4 rings (SSSR count). The number of nitrogens with one attached hydrogen (secondary N) is 1. The zero-order chi connectivity index (χ0) is 23.5. The standard InChI is InChI=1S/C25H30ClN5O2/c1-4-17-9-11-31(12-10-17)25-27-15-21(26)23(29-25)28-20-7-8-22-19(14-20)13-18(6-5-16(2)32)24(33)30(22)3/h7-8,13-15,17H,4-6,9-12H2,1-3H3,(H,27,28,29). The van der Waals surface area contributed by atoms with E-state index in [1.807, 2.05) is 24.3 Å². The SMILES string of the molecule is CCC1CCN(c2ncc(Cl)c(Nc3ccc4c(c3)cc(CCC(C)=O)c(=O)n4C)n2)CC1. The fraction of sp³-hybridized carbons (Fsp3) is 0.440. The van der Waals surface area contributed by atoms with Gasteiger partial charge in [0.25, 0.3) is 5.56 Å². The number of ketones is 1. The van der Waals surface area contributed by atoms with Crippen LogP contribution in [0.4, 0.5) is 17.5 Å². The molecule has 0 spiro atoms. The van der Waals surface area contributed by atoms with Gasteiger partial charge in [-0.05, 0) is 56.4 Å². The van der Waals surface area contributed by atoms with Crippen LogP contribution in [0.25, 0.3) is 10.9 Å². The summed E-state index contributed by atoms with van der Waals surface area (Å²) in [5.41, 5.74) is 2.20. The van der Waals surface area contributed by atoms with Gasteiger partial charge in [-0.2, -0.15) is 4.98 Å². The fourth-order valence-electron chi connectivity index (χ4n) is 4.39. The van der Waals surface area contributed by atoms with Crippen LogP contribution in [0, 0.1) is 5.92 Å². The predicted molar refractivity (Wildman–Crippen MR) is 134 cm³/mol. The van der Waals surface area contributed by atoms with Gasteiger partial charge in [-0.1, -0.05) is 24.9 Å². The molecule has 1 fully saturated rings. The lowest BCUT2D eigenvalue weighted by Gasteiger charge is -2.31. The normalized spacial score (nSPS) is 14.6. The van der Waals surface area contributed by atoms with Crippen molar-refractivity contribution in [1.29, 1.82) is 0 Å². The molecule has 2 aromatic heterocycles. The summed E-state index contributed by atoms with van der Waals surface area (Å²) in [6, 6.07) is 7.65. The van der Waals surface area contributed by atoms with E-state index in [0.29, 0.717) is 35.2 Å². The largest absolute Gasteiger partial charge is 0.341 e. The average Bonchev–Trinajstić information content (AvgIpc) is 2.82. The van der Waals surface area contributed by atoms with Crippen molar-refractivity contribution in [2.45, 2.75) is 46.0 Å². The fourth-order valence-corrected chi connectivity index (χ4v) is 4.53. The quantitative estimate of drug-likeness (QED) is 0.533. The van der Waals surface area contributed by atoms with Gasteiger partial charge in [-0.15, -0.1) is 0 Å². The van der Waals surface area contributed by atoms with E-state index < -0.39 is 0 Å². The maximum Gasteiger partial charge on any atom is 0.253 e. The van der Waals surface area contributed by atoms with Gasteiger partial charge in [0, 0.05) is 43.2 Å². The van der Waals surface area contributed by atoms with Crippen LogP contribution >= 0.6 is 11.6 Å². The number of pyridine rings is 1. The molecule has 3 heterocycles. The van der Waals surface area contributed by atoms with Gasteiger partial charge in [0.1, 0.15) is 10.8 Å². The molecule has 0 amide bonds. The number of aromatic nitrogens is 3. The Morgan fingerprint density at radius 2 is 2.00 bits per heavy atom. The molecule has 0 bridgehead atoms. The number of anilines is 3. The van der Waals surface area contributed by atoms with Crippen molar-refractivity contribution in [3.05, 3.63) is 51.4 Å². The van der Waals surface area contributed by atoms with Crippen LogP contribution < -0.4 is 15.8 Å². The molecule has 1 saturated heterocycles. The summed E-state index contributed by atoms with van der Waals surface area (Å²) < 4.78 is 1.63. The van der Waals surface area contributed by atoms with Gasteiger partial charge in [0.2, 0.25) is 5.95 Å². The Bertz CT molecular complexity index is 1230. The molecule has 0 saturated carbocycles. The minimum atomic E-state index is -0.0696. The second-order valence-corrected chi connectivity index (χ2v) is 9.25. The van der Waals surface area contributed by atoms with Gasteiger partial charge >= 0.3 is 0 Å². The maximum atomic E-state index is 12.6. The summed E-state index contributed by atoms with van der Waals surface area (Å²) in [6.07, 6.45) is 5.95. The van der Waals surface area contributed by atoms with E-state index in [-0.39, 0.29) is 11.3 Å². The Morgan fingerprint density at radius 3 is 2.70 bits per heavy atom. The van der Waals surface area contributed by atoms with E-state index >= 15 is 0 Å². The van der Waals surface area contributed by atoms with E-state index in [1.165, 1.54) is 6.42 Å². The Balaban J connectivity index is 1.60. The molecule has 0 aliphatic carbocycles. The lowest BCUT2D eigenvalue weighted by Crippen LogP contribution is -2.34. The number of hydrogen-bond donors (Lipinski definition) is 1. The number of benzene rings is 1. The molecule has 0 unspecified atom stereocenters. The van der Waals surface area contributed by atoms with Crippen molar-refractivity contribution in [2.75, 3.05) is 23.3 Å². The van der Waals surface area contributed by atoms with Gasteiger partial charge in [0.15, 0.2) is 5.82 Å². The van der Waals surface area contributed by atoms with Crippen molar-refractivity contribution in [3.63, 3.8) is 0 Å². The second-order valence-electron chi connectivity index (χ2n) is 8.84. The molecule has 8 heteroatoms. The molecule has 174 valence electrons. The first-order valence-electron chi connectivity index (χ1n) is 11.5. The van der Waals surface area contributed by atoms with Crippen LogP contribution in [-0.2, 0) is 18.3 Å². The van der Waals surface area contributed by atoms with Gasteiger partial charge in [0.05, 0.1) is 11.7 Å². The molecule has 33 heavy (non-hydrogen) atoms. The highest BCUT2D eigenvalue weighted by molar-refractivity contribution is 6.32. The summed E-state index contributed by atoms with van der Waals surface area (Å²) in [6.45, 7) is 5.69. The average molecular weight is 468 g/mol. The summed E-state index contributed by atoms with van der Waals surface area (Å²) >= 11 is 6.41. The first-order valence-corrected chi connectivity index (χ1v) is 11.9. The van der Waals surface area contributed by atoms with Crippen LogP contribution in [0.2, 0.25) is 5.02 Å². The molecular formula is C25H30ClN5O2. The van der Waals surface area contributed by atoms with Crippen molar-refractivity contribution >= 4 is 45.7 Å². The maximum absolute atomic E-state index is 12.6. The van der Waals surface area contributed by atoms with Crippen LogP contribution in [0.5, 0.6) is 0 Å². The predicted octanol–water partition coefficient (Wildman–Crippen LogP) is 4.87. The minimum absolute atomic E-state index is 0.0696. The number of carbonyl (C=O) groups excluding carboxylic acids is 1. The Labute approximate surface area is 198 Å². The van der Waals surface area contributed by atoms with E-state index in [0.717, 1.165) is 48.4 Å². The molecule has 0 radical (unpaired) electrons. The monoisotopic (exact) mass is 467 g/mol. The highest BCUT2D eigenvalue weighted by Crippen LogP contribution is 2.29. The van der Waals surface area contributed by atoms with Gasteiger partial charge < -0.3 is 19.6 Å². The number of aryl methyl sites for hydroxylation is 2. The minimum Gasteiger partial charge on any atom is -0.341 e. The number of halogens is 1. The van der Waals surface area contributed by atoms with E-state index in [4.69, 9.17) is 16.6 Å². The molecule has 1 N–H and O–H groups in total. The number of fused-ring (bicyclic) bond motifs is 1. The molecule has 7 nitrogen and oxygen atoms in total. The zero-order valence-corrected chi connectivity index (χ0v) is 20.2. The van der Waals surface area contributed by atoms with Gasteiger partial charge in [-0.3, -0.25) is 4.79 Å². The van der Waals surface area contributed by atoms with E-state index in [9.17, 15) is 9.59 Å². The number of Topliss-reactive ketones (excluding diaryl/α,β-unsaturated/α-hetero) is 1. The van der Waals surface area contributed by atoms with Crippen molar-refractivity contribution < 1.29 is 4.79 Å². The Kier molecular flexibility index (Phi) is 6.98. The third-order valence-corrected chi connectivity index (χ3v) is 6.79. The highest BCUT2D eigenvalue weighted by atomic mass is 35.5. The summed E-state index contributed by atoms with van der Waals surface area (Å²) in [5, 5.41) is 4.68. The topological polar surface area (TPSA) is 80.1 Å². The Hall–Kier alpha value is -2.93. The molecule has 3 aromatic rings. The number of nitrogens with zero attached hydrogens (tertiary/aromatic N) is 4. The van der Waals surface area contributed by atoms with Crippen molar-refractivity contribution in [1.82, 2.24) is 14.5 Å².